The summed E-state index contributed by atoms with van der Waals surface area (Å²) in [6.45, 7) is 7.28. The maximum atomic E-state index is 11.8. The number of hydrogen-bond acceptors (Lipinski definition) is 6. The Morgan fingerprint density at radius 3 is 2.38 bits per heavy atom. The number of amides is 2. The molecule has 0 aromatic rings. The van der Waals surface area contributed by atoms with Crippen LogP contribution >= 0.6 is 0 Å². The average molecular weight is 414 g/mol. The standard InChI is InChI=1S/C21H37N2O6/c1-2-26-15-16-28-18-17-27-14-11-20(24)22-12-8-13-23-21(25)29-19-9-6-4-3-5-7-10-19/h3-4,19H,1-2,5-18H2,(H,22,24)(H,23,25)/b4-3+. The molecular weight excluding hydrogens is 376 g/mol. The van der Waals surface area contributed by atoms with Crippen LogP contribution in [0.5, 0.6) is 0 Å². The summed E-state index contributed by atoms with van der Waals surface area (Å²) in [6.07, 6.45) is 9.74. The minimum Gasteiger partial charge on any atom is -0.446 e. The van der Waals surface area contributed by atoms with Crippen LogP contribution in [-0.2, 0) is 23.7 Å². The normalized spacial score (nSPS) is 17.8. The van der Waals surface area contributed by atoms with Crippen LogP contribution in [-0.4, -0.2) is 70.8 Å². The summed E-state index contributed by atoms with van der Waals surface area (Å²) in [6, 6.07) is 0. The molecule has 0 saturated heterocycles. The van der Waals surface area contributed by atoms with Gasteiger partial charge in [-0.05, 0) is 45.4 Å². The SMILES string of the molecule is [CH2]COCCOCCOCCC(=O)NCCCNC(=O)OC1CC/C=C/CCC1. The highest BCUT2D eigenvalue weighted by Gasteiger charge is 2.14. The van der Waals surface area contributed by atoms with Crippen molar-refractivity contribution in [2.24, 2.45) is 0 Å². The van der Waals surface area contributed by atoms with Gasteiger partial charge < -0.3 is 29.6 Å². The summed E-state index contributed by atoms with van der Waals surface area (Å²) >= 11 is 0. The summed E-state index contributed by atoms with van der Waals surface area (Å²) in [5.41, 5.74) is 0. The highest BCUT2D eigenvalue weighted by molar-refractivity contribution is 5.75. The number of carbonyl (C=O) groups is 2. The zero-order valence-electron chi connectivity index (χ0n) is 17.5. The van der Waals surface area contributed by atoms with Gasteiger partial charge in [0.05, 0.1) is 33.0 Å². The van der Waals surface area contributed by atoms with Crippen molar-refractivity contribution in [3.8, 4) is 0 Å². The monoisotopic (exact) mass is 413 g/mol. The maximum Gasteiger partial charge on any atom is 0.407 e. The summed E-state index contributed by atoms with van der Waals surface area (Å²) < 4.78 is 21.1. The van der Waals surface area contributed by atoms with E-state index in [0.29, 0.717) is 65.6 Å². The summed E-state index contributed by atoms with van der Waals surface area (Å²) in [4.78, 5) is 23.5. The Bertz CT molecular complexity index is 458. The fourth-order valence-electron chi connectivity index (χ4n) is 2.74. The van der Waals surface area contributed by atoms with Gasteiger partial charge in [0.15, 0.2) is 0 Å². The molecule has 167 valence electrons. The van der Waals surface area contributed by atoms with Gasteiger partial charge in [0.25, 0.3) is 0 Å². The first-order valence-electron chi connectivity index (χ1n) is 10.6. The molecule has 8 heteroatoms. The van der Waals surface area contributed by atoms with Gasteiger partial charge in [-0.15, -0.1) is 0 Å². The van der Waals surface area contributed by atoms with E-state index < -0.39 is 0 Å². The average Bonchev–Trinajstić information content (AvgIpc) is 2.68. The van der Waals surface area contributed by atoms with Crippen molar-refractivity contribution in [3.63, 3.8) is 0 Å². The van der Waals surface area contributed by atoms with E-state index in [1.54, 1.807) is 0 Å². The molecule has 2 amide bonds. The van der Waals surface area contributed by atoms with Crippen molar-refractivity contribution >= 4 is 12.0 Å². The van der Waals surface area contributed by atoms with Crippen molar-refractivity contribution in [1.29, 1.82) is 0 Å². The third-order valence-electron chi connectivity index (χ3n) is 4.30. The topological polar surface area (TPSA) is 95.1 Å². The van der Waals surface area contributed by atoms with Crippen LogP contribution in [0.3, 0.4) is 0 Å². The molecule has 29 heavy (non-hydrogen) atoms. The molecule has 0 saturated carbocycles. The van der Waals surface area contributed by atoms with Gasteiger partial charge in [-0.3, -0.25) is 4.79 Å². The Morgan fingerprint density at radius 1 is 0.897 bits per heavy atom. The minimum absolute atomic E-state index is 0.00738. The molecule has 1 unspecified atom stereocenters. The molecule has 0 aromatic carbocycles. The second-order valence-electron chi connectivity index (χ2n) is 6.72. The first kappa shape index (κ1) is 25.4. The zero-order chi connectivity index (χ0) is 21.0. The van der Waals surface area contributed by atoms with Gasteiger partial charge in [-0.2, -0.15) is 0 Å². The van der Waals surface area contributed by atoms with Crippen molar-refractivity contribution in [1.82, 2.24) is 10.6 Å². The van der Waals surface area contributed by atoms with E-state index in [2.05, 4.69) is 29.7 Å². The van der Waals surface area contributed by atoms with E-state index in [-0.39, 0.29) is 18.1 Å². The van der Waals surface area contributed by atoms with Crippen LogP contribution in [0.25, 0.3) is 0 Å². The van der Waals surface area contributed by atoms with Gasteiger partial charge in [0.2, 0.25) is 5.91 Å². The van der Waals surface area contributed by atoms with Crippen molar-refractivity contribution in [2.45, 2.75) is 51.0 Å². The lowest BCUT2D eigenvalue weighted by Crippen LogP contribution is -2.32. The number of allylic oxidation sites excluding steroid dienone is 2. The molecule has 0 bridgehead atoms. The van der Waals surface area contributed by atoms with E-state index in [1.807, 2.05) is 0 Å². The van der Waals surface area contributed by atoms with E-state index in [0.717, 1.165) is 32.1 Å². The Morgan fingerprint density at radius 2 is 1.59 bits per heavy atom. The van der Waals surface area contributed by atoms with E-state index in [9.17, 15) is 9.59 Å². The van der Waals surface area contributed by atoms with Gasteiger partial charge in [-0.1, -0.05) is 12.2 Å². The summed E-state index contributed by atoms with van der Waals surface area (Å²) in [7, 11) is 0. The lowest BCUT2D eigenvalue weighted by molar-refractivity contribution is -0.122. The van der Waals surface area contributed by atoms with Crippen LogP contribution in [0.1, 0.15) is 44.9 Å². The van der Waals surface area contributed by atoms with Crippen LogP contribution in [0.4, 0.5) is 4.79 Å². The number of rotatable bonds is 15. The molecule has 0 spiro atoms. The molecule has 0 heterocycles. The van der Waals surface area contributed by atoms with Crippen molar-refractivity contribution < 1.29 is 28.5 Å². The van der Waals surface area contributed by atoms with Crippen LogP contribution in [0.15, 0.2) is 12.2 Å². The predicted octanol–water partition coefficient (Wildman–Crippen LogP) is 2.38. The highest BCUT2D eigenvalue weighted by atomic mass is 16.6. The number of alkyl carbamates (subject to hydrolysis) is 1. The van der Waals surface area contributed by atoms with E-state index in [4.69, 9.17) is 18.9 Å². The largest absolute Gasteiger partial charge is 0.446 e. The zero-order valence-corrected chi connectivity index (χ0v) is 17.5. The molecule has 0 aliphatic heterocycles. The van der Waals surface area contributed by atoms with Gasteiger partial charge in [0.1, 0.15) is 6.10 Å². The Balaban J connectivity index is 1.89. The lowest BCUT2D eigenvalue weighted by Gasteiger charge is -2.18. The van der Waals surface area contributed by atoms with Crippen molar-refractivity contribution in [2.75, 3.05) is 52.7 Å². The molecular formula is C21H37N2O6. The molecule has 0 aromatic heterocycles. The fraction of sp³-hybridized carbons (Fsp3) is 0.762. The first-order chi connectivity index (χ1) is 14.2. The number of hydrogen-bond donors (Lipinski definition) is 2. The second-order valence-corrected chi connectivity index (χ2v) is 6.72. The molecule has 1 radical (unpaired) electrons. The van der Waals surface area contributed by atoms with Gasteiger partial charge in [-0.25, -0.2) is 4.79 Å². The second kappa shape index (κ2) is 18.4. The Kier molecular flexibility index (Phi) is 16.1. The maximum absolute atomic E-state index is 11.8. The fourth-order valence-corrected chi connectivity index (χ4v) is 2.74. The highest BCUT2D eigenvalue weighted by Crippen LogP contribution is 2.15. The summed E-state index contributed by atoms with van der Waals surface area (Å²) in [5.74, 6) is -0.0695. The van der Waals surface area contributed by atoms with Crippen molar-refractivity contribution in [3.05, 3.63) is 19.1 Å². The van der Waals surface area contributed by atoms with E-state index in [1.165, 1.54) is 0 Å². The van der Waals surface area contributed by atoms with Crippen LogP contribution in [0, 0.1) is 6.92 Å². The quantitative estimate of drug-likeness (QED) is 0.316. The van der Waals surface area contributed by atoms with Crippen LogP contribution < -0.4 is 10.6 Å². The third kappa shape index (κ3) is 15.9. The number of ether oxygens (including phenoxy) is 4. The van der Waals surface area contributed by atoms with Gasteiger partial charge in [0, 0.05) is 26.1 Å². The Hall–Kier alpha value is -1.64. The number of nitrogens with one attached hydrogen (secondary N) is 2. The summed E-state index contributed by atoms with van der Waals surface area (Å²) in [5, 5.41) is 5.55. The first-order valence-corrected chi connectivity index (χ1v) is 10.6. The molecule has 2 N–H and O–H groups in total. The minimum atomic E-state index is -0.376. The smallest absolute Gasteiger partial charge is 0.407 e. The molecule has 0 fully saturated rings. The van der Waals surface area contributed by atoms with Crippen LogP contribution in [0.2, 0.25) is 0 Å². The predicted molar refractivity (Wildman–Crippen MR) is 111 cm³/mol. The Labute approximate surface area is 174 Å². The van der Waals surface area contributed by atoms with Gasteiger partial charge >= 0.3 is 6.09 Å². The van der Waals surface area contributed by atoms with E-state index >= 15 is 0 Å². The number of carbonyl (C=O) groups excluding carboxylic acids is 2. The third-order valence-corrected chi connectivity index (χ3v) is 4.30. The molecule has 1 rings (SSSR count). The molecule has 8 nitrogen and oxygen atoms in total. The molecule has 1 aliphatic carbocycles. The molecule has 1 aliphatic rings. The molecule has 1 atom stereocenters. The lowest BCUT2D eigenvalue weighted by atomic mass is 10.0.